The summed E-state index contributed by atoms with van der Waals surface area (Å²) in [6, 6.07) is 6.18. The lowest BCUT2D eigenvalue weighted by molar-refractivity contribution is -0.125. The minimum Gasteiger partial charge on any atom is -0.373 e. The third kappa shape index (κ3) is 3.55. The second-order valence-corrected chi connectivity index (χ2v) is 8.72. The standard InChI is InChI=1S/C23H21Cl2FN4O2/c1-4-18(31)30-10-9-23(11-30,20-15(26)6-5-14(24)21(20)25)28-16-7-8-17-19(13(16)2)22(32)29(3)12-27-17/h4-8,12,28H,1,9-11H2,2-3H3. The van der Waals surface area contributed by atoms with E-state index in [9.17, 15) is 9.59 Å². The predicted octanol–water partition coefficient (Wildman–Crippen LogP) is 4.41. The quantitative estimate of drug-likeness (QED) is 0.449. The fourth-order valence-corrected chi connectivity index (χ4v) is 4.80. The number of aryl methyl sites for hydroxylation is 2. The van der Waals surface area contributed by atoms with Gasteiger partial charge < -0.3 is 14.8 Å². The lowest BCUT2D eigenvalue weighted by Gasteiger charge is -2.34. The molecule has 1 N–H and O–H groups in total. The van der Waals surface area contributed by atoms with E-state index >= 15 is 4.39 Å². The molecule has 2 heterocycles. The van der Waals surface area contributed by atoms with Crippen LogP contribution in [0.4, 0.5) is 10.1 Å². The summed E-state index contributed by atoms with van der Waals surface area (Å²) in [6.07, 6.45) is 3.07. The second kappa shape index (κ2) is 8.22. The summed E-state index contributed by atoms with van der Waals surface area (Å²) in [5, 5.41) is 4.17. The number of carbonyl (C=O) groups is 1. The Labute approximate surface area is 194 Å². The number of nitrogens with one attached hydrogen (secondary N) is 1. The van der Waals surface area contributed by atoms with Crippen molar-refractivity contribution in [1.82, 2.24) is 14.5 Å². The number of fused-ring (bicyclic) bond motifs is 1. The molecule has 1 atom stereocenters. The molecule has 0 radical (unpaired) electrons. The minimum absolute atomic E-state index is 0.0862. The van der Waals surface area contributed by atoms with E-state index in [1.54, 1.807) is 31.0 Å². The largest absolute Gasteiger partial charge is 0.373 e. The molecule has 166 valence electrons. The Hall–Kier alpha value is -2.90. The lowest BCUT2D eigenvalue weighted by atomic mass is 9.87. The molecule has 0 bridgehead atoms. The van der Waals surface area contributed by atoms with Gasteiger partial charge in [0.05, 0.1) is 32.8 Å². The normalized spacial score (nSPS) is 18.2. The molecule has 0 aliphatic carbocycles. The molecule has 0 saturated carbocycles. The van der Waals surface area contributed by atoms with E-state index in [4.69, 9.17) is 23.2 Å². The zero-order valence-corrected chi connectivity index (χ0v) is 19.1. The maximum Gasteiger partial charge on any atom is 0.261 e. The summed E-state index contributed by atoms with van der Waals surface area (Å²) >= 11 is 12.7. The zero-order chi connectivity index (χ0) is 23.2. The number of aromatic nitrogens is 2. The third-order valence-corrected chi connectivity index (χ3v) is 6.80. The highest BCUT2D eigenvalue weighted by molar-refractivity contribution is 6.42. The lowest BCUT2D eigenvalue weighted by Crippen LogP contribution is -2.41. The maximum atomic E-state index is 15.1. The Morgan fingerprint density at radius 1 is 1.31 bits per heavy atom. The van der Waals surface area contributed by atoms with Gasteiger partial charge in [0.1, 0.15) is 5.82 Å². The first-order chi connectivity index (χ1) is 15.2. The number of hydrogen-bond donors (Lipinski definition) is 1. The summed E-state index contributed by atoms with van der Waals surface area (Å²) < 4.78 is 16.5. The summed E-state index contributed by atoms with van der Waals surface area (Å²) in [7, 11) is 1.63. The van der Waals surface area contributed by atoms with Crippen molar-refractivity contribution in [2.45, 2.75) is 18.9 Å². The van der Waals surface area contributed by atoms with Crippen LogP contribution in [0.1, 0.15) is 17.5 Å². The van der Waals surface area contributed by atoms with Crippen LogP contribution in [0.5, 0.6) is 0 Å². The van der Waals surface area contributed by atoms with Crippen LogP contribution in [0.25, 0.3) is 10.9 Å². The molecule has 1 aromatic heterocycles. The molecule has 4 rings (SSSR count). The molecular formula is C23H21Cl2FN4O2. The Morgan fingerprint density at radius 2 is 2.06 bits per heavy atom. The van der Waals surface area contributed by atoms with Gasteiger partial charge in [-0.15, -0.1) is 0 Å². The number of anilines is 1. The van der Waals surface area contributed by atoms with Crippen LogP contribution in [0.2, 0.25) is 10.0 Å². The summed E-state index contributed by atoms with van der Waals surface area (Å²) in [6.45, 7) is 5.87. The fourth-order valence-electron chi connectivity index (χ4n) is 4.31. The molecule has 3 aromatic rings. The molecule has 1 fully saturated rings. The van der Waals surface area contributed by atoms with Crippen LogP contribution in [-0.4, -0.2) is 33.4 Å². The fraction of sp³-hybridized carbons (Fsp3) is 0.261. The highest BCUT2D eigenvalue weighted by atomic mass is 35.5. The topological polar surface area (TPSA) is 67.2 Å². The predicted molar refractivity (Wildman–Crippen MR) is 125 cm³/mol. The van der Waals surface area contributed by atoms with Gasteiger partial charge in [-0.2, -0.15) is 0 Å². The molecule has 6 nitrogen and oxygen atoms in total. The van der Waals surface area contributed by atoms with Crippen molar-refractivity contribution in [1.29, 1.82) is 0 Å². The van der Waals surface area contributed by atoms with E-state index in [2.05, 4.69) is 16.9 Å². The zero-order valence-electron chi connectivity index (χ0n) is 17.6. The van der Waals surface area contributed by atoms with Gasteiger partial charge >= 0.3 is 0 Å². The van der Waals surface area contributed by atoms with Crippen LogP contribution in [0.3, 0.4) is 0 Å². The van der Waals surface area contributed by atoms with Crippen molar-refractivity contribution in [2.75, 3.05) is 18.4 Å². The summed E-state index contributed by atoms with van der Waals surface area (Å²) in [4.78, 5) is 31.0. The van der Waals surface area contributed by atoms with Gasteiger partial charge in [0.15, 0.2) is 0 Å². The van der Waals surface area contributed by atoms with Crippen molar-refractivity contribution >= 4 is 45.7 Å². The van der Waals surface area contributed by atoms with Crippen LogP contribution >= 0.6 is 23.2 Å². The number of rotatable bonds is 4. The highest BCUT2D eigenvalue weighted by Crippen LogP contribution is 2.43. The Balaban J connectivity index is 1.90. The molecule has 2 aromatic carbocycles. The Morgan fingerprint density at radius 3 is 2.78 bits per heavy atom. The van der Waals surface area contributed by atoms with E-state index < -0.39 is 11.4 Å². The van der Waals surface area contributed by atoms with Gasteiger partial charge in [0.25, 0.3) is 5.56 Å². The molecule has 1 unspecified atom stereocenters. The summed E-state index contributed by atoms with van der Waals surface area (Å²) in [5.74, 6) is -0.795. The van der Waals surface area contributed by atoms with E-state index in [0.717, 1.165) is 0 Å². The Kier molecular flexibility index (Phi) is 5.73. The molecule has 32 heavy (non-hydrogen) atoms. The van der Waals surface area contributed by atoms with Crippen molar-refractivity contribution in [3.05, 3.63) is 80.6 Å². The van der Waals surface area contributed by atoms with Crippen molar-refractivity contribution in [3.63, 3.8) is 0 Å². The number of hydrogen-bond acceptors (Lipinski definition) is 4. The van der Waals surface area contributed by atoms with Gasteiger partial charge in [0.2, 0.25) is 5.91 Å². The first kappa shape index (κ1) is 22.3. The smallest absolute Gasteiger partial charge is 0.261 e. The van der Waals surface area contributed by atoms with Crippen LogP contribution in [-0.2, 0) is 17.4 Å². The first-order valence-corrected chi connectivity index (χ1v) is 10.7. The summed E-state index contributed by atoms with van der Waals surface area (Å²) in [5.41, 5.74) is 0.786. The first-order valence-electron chi connectivity index (χ1n) is 9.97. The minimum atomic E-state index is -1.06. The molecule has 1 amide bonds. The van der Waals surface area contributed by atoms with Crippen molar-refractivity contribution in [2.24, 2.45) is 7.05 Å². The van der Waals surface area contributed by atoms with E-state index in [1.807, 2.05) is 0 Å². The number of carbonyl (C=O) groups excluding carboxylic acids is 1. The van der Waals surface area contributed by atoms with E-state index in [-0.39, 0.29) is 33.6 Å². The molecule has 0 spiro atoms. The number of amides is 1. The monoisotopic (exact) mass is 474 g/mol. The molecule has 9 heteroatoms. The van der Waals surface area contributed by atoms with Gasteiger partial charge in [-0.1, -0.05) is 29.8 Å². The number of nitrogens with zero attached hydrogens (tertiary/aromatic N) is 3. The van der Waals surface area contributed by atoms with Gasteiger partial charge in [-0.25, -0.2) is 9.37 Å². The van der Waals surface area contributed by atoms with Crippen molar-refractivity contribution < 1.29 is 9.18 Å². The SMILES string of the molecule is C=CC(=O)N1CCC(Nc2ccc3ncn(C)c(=O)c3c2C)(c2c(F)ccc(Cl)c2Cl)C1. The van der Waals surface area contributed by atoms with E-state index in [1.165, 1.54) is 29.1 Å². The second-order valence-electron chi connectivity index (χ2n) is 7.93. The van der Waals surface area contributed by atoms with Crippen LogP contribution in [0, 0.1) is 12.7 Å². The number of benzene rings is 2. The van der Waals surface area contributed by atoms with Gasteiger partial charge in [0, 0.05) is 31.4 Å². The average Bonchev–Trinajstić information content (AvgIpc) is 3.19. The van der Waals surface area contributed by atoms with Crippen LogP contribution < -0.4 is 10.9 Å². The molecule has 1 aliphatic heterocycles. The number of halogens is 3. The Bertz CT molecular complexity index is 1320. The molecule has 1 aliphatic rings. The maximum absolute atomic E-state index is 15.1. The molecule has 1 saturated heterocycles. The van der Waals surface area contributed by atoms with E-state index in [0.29, 0.717) is 35.1 Å². The van der Waals surface area contributed by atoms with Gasteiger partial charge in [-0.3, -0.25) is 9.59 Å². The average molecular weight is 475 g/mol. The number of likely N-dealkylation sites (tertiary alicyclic amines) is 1. The van der Waals surface area contributed by atoms with Gasteiger partial charge in [-0.05, 0) is 49.2 Å². The van der Waals surface area contributed by atoms with Crippen LogP contribution in [0.15, 0.2) is 48.0 Å². The molecular weight excluding hydrogens is 454 g/mol. The third-order valence-electron chi connectivity index (χ3n) is 6.00. The van der Waals surface area contributed by atoms with Crippen molar-refractivity contribution in [3.8, 4) is 0 Å². The highest BCUT2D eigenvalue weighted by Gasteiger charge is 2.44.